The Labute approximate surface area is 230 Å². The van der Waals surface area contributed by atoms with Gasteiger partial charge in [0.15, 0.2) is 17.3 Å². The molecule has 2 aromatic carbocycles. The highest BCUT2D eigenvalue weighted by atomic mass is 16.5. The molecule has 39 heavy (non-hydrogen) atoms. The van der Waals surface area contributed by atoms with Gasteiger partial charge in [-0.15, -0.1) is 5.10 Å². The maximum Gasteiger partial charge on any atom is 0.252 e. The number of aryl methyl sites for hydroxylation is 1. The highest BCUT2D eigenvalue weighted by Gasteiger charge is 2.29. The Morgan fingerprint density at radius 1 is 1.00 bits per heavy atom. The van der Waals surface area contributed by atoms with Crippen molar-refractivity contribution in [2.75, 3.05) is 20.8 Å². The zero-order chi connectivity index (χ0) is 28.2. The fourth-order valence-electron chi connectivity index (χ4n) is 5.00. The fraction of sp³-hybridized carbons (Fsp3) is 0.467. The Morgan fingerprint density at radius 2 is 1.74 bits per heavy atom. The molecule has 0 amide bonds. The number of rotatable bonds is 11. The summed E-state index contributed by atoms with van der Waals surface area (Å²) in [6.07, 6.45) is 2.47. The first-order chi connectivity index (χ1) is 18.7. The lowest BCUT2D eigenvalue weighted by Gasteiger charge is -2.32. The van der Waals surface area contributed by atoms with Gasteiger partial charge in [0.1, 0.15) is 0 Å². The molecule has 9 nitrogen and oxygen atoms in total. The van der Waals surface area contributed by atoms with Crippen molar-refractivity contribution in [3.05, 3.63) is 75.3 Å². The van der Waals surface area contributed by atoms with E-state index in [1.165, 1.54) is 5.56 Å². The Morgan fingerprint density at radius 3 is 2.41 bits per heavy atom. The molecule has 2 heterocycles. The number of methoxy groups -OCH3 is 2. The molecule has 0 saturated carbocycles. The molecule has 0 fully saturated rings. The zero-order valence-electron chi connectivity index (χ0n) is 24.1. The minimum absolute atomic E-state index is 0.0758. The molecule has 4 rings (SSSR count). The van der Waals surface area contributed by atoms with Gasteiger partial charge >= 0.3 is 0 Å². The Kier molecular flexibility index (Phi) is 8.70. The maximum atomic E-state index is 13.2. The monoisotopic (exact) mass is 532 g/mol. The number of aromatic nitrogens is 5. The van der Waals surface area contributed by atoms with Crippen molar-refractivity contribution in [3.63, 3.8) is 0 Å². The summed E-state index contributed by atoms with van der Waals surface area (Å²) >= 11 is 0. The number of tetrazole rings is 1. The van der Waals surface area contributed by atoms with Crippen LogP contribution in [-0.2, 0) is 24.9 Å². The molecule has 0 saturated heterocycles. The van der Waals surface area contributed by atoms with Crippen LogP contribution in [0.3, 0.4) is 0 Å². The normalized spacial score (nSPS) is 12.7. The van der Waals surface area contributed by atoms with Gasteiger partial charge < -0.3 is 14.5 Å². The second kappa shape index (κ2) is 12.0. The lowest BCUT2D eigenvalue weighted by Crippen LogP contribution is -2.36. The van der Waals surface area contributed by atoms with Gasteiger partial charge in [-0.3, -0.25) is 9.69 Å². The number of fused-ring (bicyclic) bond motifs is 1. The lowest BCUT2D eigenvalue weighted by molar-refractivity contribution is 0.163. The summed E-state index contributed by atoms with van der Waals surface area (Å²) in [5, 5.41) is 13.8. The molecule has 0 aliphatic carbocycles. The van der Waals surface area contributed by atoms with Crippen LogP contribution in [0.1, 0.15) is 69.6 Å². The van der Waals surface area contributed by atoms with Crippen molar-refractivity contribution in [1.82, 2.24) is 30.1 Å². The number of pyridine rings is 1. The third-order valence-electron chi connectivity index (χ3n) is 7.16. The molecule has 9 heteroatoms. The highest BCUT2D eigenvalue weighted by molar-refractivity contribution is 5.79. The van der Waals surface area contributed by atoms with Crippen molar-refractivity contribution in [3.8, 4) is 11.5 Å². The van der Waals surface area contributed by atoms with Crippen LogP contribution in [0.25, 0.3) is 10.9 Å². The first-order valence-electron chi connectivity index (χ1n) is 13.6. The van der Waals surface area contributed by atoms with E-state index in [0.29, 0.717) is 24.6 Å². The van der Waals surface area contributed by atoms with Crippen LogP contribution < -0.4 is 15.0 Å². The first kappa shape index (κ1) is 28.3. The minimum Gasteiger partial charge on any atom is -0.493 e. The third-order valence-corrected chi connectivity index (χ3v) is 7.16. The number of hydrogen-bond acceptors (Lipinski definition) is 7. The molecule has 0 bridgehead atoms. The van der Waals surface area contributed by atoms with E-state index in [2.05, 4.69) is 78.2 Å². The van der Waals surface area contributed by atoms with Gasteiger partial charge in [0.05, 0.1) is 25.8 Å². The summed E-state index contributed by atoms with van der Waals surface area (Å²) in [5.41, 5.74) is 3.56. The van der Waals surface area contributed by atoms with Crippen LogP contribution in [-0.4, -0.2) is 50.9 Å². The Bertz CT molecular complexity index is 1470. The number of nitrogens with zero attached hydrogens (tertiary/aromatic N) is 5. The standard InChI is InChI=1S/C30H40N6O3/c1-8-20-10-12-24-22(16-20)18-23(29(37)31-24)19-35(15-14-21-11-13-26(38-6)27(17-21)39-7)25(9-2)28-32-33-34-36(28)30(3,4)5/h10-13,16-18,25H,8-9,14-15,19H2,1-7H3,(H,31,37). The van der Waals surface area contributed by atoms with Crippen molar-refractivity contribution in [2.45, 2.75) is 72.0 Å². The first-order valence-corrected chi connectivity index (χ1v) is 13.6. The highest BCUT2D eigenvalue weighted by Crippen LogP contribution is 2.30. The second-order valence-corrected chi connectivity index (χ2v) is 10.9. The second-order valence-electron chi connectivity index (χ2n) is 10.9. The van der Waals surface area contributed by atoms with Crippen LogP contribution in [0.4, 0.5) is 0 Å². The van der Waals surface area contributed by atoms with Gasteiger partial charge in [0.25, 0.3) is 5.56 Å². The minimum atomic E-state index is -0.280. The molecule has 0 radical (unpaired) electrons. The molecule has 1 unspecified atom stereocenters. The zero-order valence-corrected chi connectivity index (χ0v) is 24.1. The lowest BCUT2D eigenvalue weighted by atomic mass is 10.0. The number of nitrogens with one attached hydrogen (secondary N) is 1. The van der Waals surface area contributed by atoms with Gasteiger partial charge in [-0.2, -0.15) is 0 Å². The topological polar surface area (TPSA) is 98.2 Å². The average Bonchev–Trinajstić information content (AvgIpc) is 3.42. The molecule has 4 aromatic rings. The van der Waals surface area contributed by atoms with E-state index in [1.54, 1.807) is 14.2 Å². The van der Waals surface area contributed by atoms with Gasteiger partial charge in [-0.1, -0.05) is 26.0 Å². The largest absolute Gasteiger partial charge is 0.493 e. The molecular formula is C30H40N6O3. The van der Waals surface area contributed by atoms with E-state index in [0.717, 1.165) is 47.1 Å². The number of aromatic amines is 1. The van der Waals surface area contributed by atoms with E-state index in [-0.39, 0.29) is 17.1 Å². The summed E-state index contributed by atoms with van der Waals surface area (Å²) < 4.78 is 12.8. The number of H-pyrrole nitrogens is 1. The summed E-state index contributed by atoms with van der Waals surface area (Å²) in [7, 11) is 3.28. The van der Waals surface area contributed by atoms with Crippen LogP contribution >= 0.6 is 0 Å². The van der Waals surface area contributed by atoms with Crippen LogP contribution in [0.15, 0.2) is 47.3 Å². The predicted octanol–water partition coefficient (Wildman–Crippen LogP) is 5.05. The average molecular weight is 533 g/mol. The molecule has 208 valence electrons. The molecule has 1 atom stereocenters. The van der Waals surface area contributed by atoms with E-state index >= 15 is 0 Å². The molecule has 0 aliphatic heterocycles. The van der Waals surface area contributed by atoms with Crippen LogP contribution in [0.5, 0.6) is 11.5 Å². The van der Waals surface area contributed by atoms with Crippen molar-refractivity contribution in [1.29, 1.82) is 0 Å². The number of hydrogen-bond donors (Lipinski definition) is 1. The Balaban J connectivity index is 1.72. The Hall–Kier alpha value is -3.72. The van der Waals surface area contributed by atoms with E-state index < -0.39 is 0 Å². The third kappa shape index (κ3) is 6.30. The van der Waals surface area contributed by atoms with Crippen LogP contribution in [0, 0.1) is 0 Å². The van der Waals surface area contributed by atoms with Crippen molar-refractivity contribution in [2.24, 2.45) is 0 Å². The number of ether oxygens (including phenoxy) is 2. The molecular weight excluding hydrogens is 492 g/mol. The smallest absolute Gasteiger partial charge is 0.252 e. The van der Waals surface area contributed by atoms with Crippen molar-refractivity contribution >= 4 is 10.9 Å². The van der Waals surface area contributed by atoms with Gasteiger partial charge in [-0.25, -0.2) is 4.68 Å². The number of benzene rings is 2. The van der Waals surface area contributed by atoms with Gasteiger partial charge in [0.2, 0.25) is 0 Å². The molecule has 0 aliphatic rings. The SMILES string of the molecule is CCc1ccc2[nH]c(=O)c(CN(CCc3ccc(OC)c(OC)c3)C(CC)c3nnnn3C(C)(C)C)cc2c1. The van der Waals surface area contributed by atoms with Crippen LogP contribution in [0.2, 0.25) is 0 Å². The van der Waals surface area contributed by atoms with E-state index in [1.807, 2.05) is 28.9 Å². The molecule has 1 N–H and O–H groups in total. The summed E-state index contributed by atoms with van der Waals surface area (Å²) in [6, 6.07) is 14.1. The molecule has 0 spiro atoms. The van der Waals surface area contributed by atoms with Gasteiger partial charge in [0, 0.05) is 24.2 Å². The summed E-state index contributed by atoms with van der Waals surface area (Å²) in [4.78, 5) is 18.6. The molecule has 2 aromatic heterocycles. The quantitative estimate of drug-likeness (QED) is 0.289. The van der Waals surface area contributed by atoms with E-state index in [4.69, 9.17) is 9.47 Å². The summed E-state index contributed by atoms with van der Waals surface area (Å²) in [6.45, 7) is 11.7. The van der Waals surface area contributed by atoms with Gasteiger partial charge in [-0.05, 0) is 97.3 Å². The van der Waals surface area contributed by atoms with Crippen molar-refractivity contribution < 1.29 is 9.47 Å². The predicted molar refractivity (Wildman–Crippen MR) is 153 cm³/mol. The fourth-order valence-corrected chi connectivity index (χ4v) is 5.00. The maximum absolute atomic E-state index is 13.2. The summed E-state index contributed by atoms with van der Waals surface area (Å²) in [5.74, 6) is 2.19. The van der Waals surface area contributed by atoms with E-state index in [9.17, 15) is 4.79 Å².